The number of hydrogen-bond acceptors (Lipinski definition) is 3. The van der Waals surface area contributed by atoms with E-state index in [0.29, 0.717) is 29.5 Å². The van der Waals surface area contributed by atoms with E-state index in [1.54, 1.807) is 28.8 Å². The van der Waals surface area contributed by atoms with E-state index < -0.39 is 5.97 Å². The molecule has 3 rings (SSSR count). The fourth-order valence-corrected chi connectivity index (χ4v) is 3.42. The molecule has 0 aliphatic rings. The monoisotopic (exact) mass is 379 g/mol. The van der Waals surface area contributed by atoms with Crippen LogP contribution in [0.15, 0.2) is 54.7 Å². The zero-order valence-electron chi connectivity index (χ0n) is 16.1. The number of aliphatic carboxylic acids is 1. The maximum atomic E-state index is 12.8. The number of carboxylic acids is 1. The van der Waals surface area contributed by atoms with Crippen molar-refractivity contribution in [2.45, 2.75) is 32.6 Å². The molecule has 1 unspecified atom stereocenters. The third kappa shape index (κ3) is 4.76. The van der Waals surface area contributed by atoms with Gasteiger partial charge >= 0.3 is 5.97 Å². The molecule has 3 aromatic rings. The summed E-state index contributed by atoms with van der Waals surface area (Å²) in [5.74, 6) is -0.407. The van der Waals surface area contributed by atoms with Crippen LogP contribution in [0.2, 0.25) is 0 Å². The van der Waals surface area contributed by atoms with Gasteiger partial charge in [0.1, 0.15) is 11.3 Å². The Morgan fingerprint density at radius 3 is 2.54 bits per heavy atom. The van der Waals surface area contributed by atoms with E-state index in [2.05, 4.69) is 36.3 Å². The molecule has 0 bridgehead atoms. The standard InChI is InChI=1S/C22H25N3O3/c1-15(2)11-17(16-7-4-3-5-8-16)13-23-22(28)19-9-6-10-20-24-18(12-21(26)27)14-25(19)20/h3-10,14-15,17H,11-13H2,1-2H3,(H,23,28)(H,26,27). The van der Waals surface area contributed by atoms with Gasteiger partial charge in [0.15, 0.2) is 0 Å². The molecule has 0 spiro atoms. The Morgan fingerprint density at radius 1 is 1.11 bits per heavy atom. The van der Waals surface area contributed by atoms with Crippen LogP contribution in [0.1, 0.15) is 47.9 Å². The number of carboxylic acid groups (broad SMARTS) is 1. The van der Waals surface area contributed by atoms with Crippen molar-refractivity contribution in [2.75, 3.05) is 6.54 Å². The van der Waals surface area contributed by atoms with Gasteiger partial charge in [-0.3, -0.25) is 14.0 Å². The Morgan fingerprint density at radius 2 is 1.86 bits per heavy atom. The van der Waals surface area contributed by atoms with E-state index in [-0.39, 0.29) is 18.2 Å². The van der Waals surface area contributed by atoms with Crippen molar-refractivity contribution < 1.29 is 14.7 Å². The summed E-state index contributed by atoms with van der Waals surface area (Å²) in [5.41, 5.74) is 2.64. The Balaban J connectivity index is 1.78. The molecule has 1 atom stereocenters. The van der Waals surface area contributed by atoms with Crippen molar-refractivity contribution in [2.24, 2.45) is 5.92 Å². The van der Waals surface area contributed by atoms with Gasteiger partial charge in [-0.05, 0) is 30.0 Å². The number of pyridine rings is 1. The van der Waals surface area contributed by atoms with Crippen molar-refractivity contribution in [3.63, 3.8) is 0 Å². The minimum atomic E-state index is -0.950. The molecule has 0 radical (unpaired) electrons. The fourth-order valence-electron chi connectivity index (χ4n) is 3.42. The number of hydrogen-bond donors (Lipinski definition) is 2. The number of fused-ring (bicyclic) bond motifs is 1. The highest BCUT2D eigenvalue weighted by molar-refractivity contribution is 5.93. The summed E-state index contributed by atoms with van der Waals surface area (Å²) in [6.45, 7) is 4.88. The Kier molecular flexibility index (Phi) is 6.09. The highest BCUT2D eigenvalue weighted by atomic mass is 16.4. The molecule has 28 heavy (non-hydrogen) atoms. The molecule has 0 aliphatic heterocycles. The van der Waals surface area contributed by atoms with E-state index in [1.807, 2.05) is 18.2 Å². The lowest BCUT2D eigenvalue weighted by Gasteiger charge is -2.20. The number of carbonyl (C=O) groups excluding carboxylic acids is 1. The predicted octanol–water partition coefficient (Wildman–Crippen LogP) is 3.52. The number of rotatable bonds is 8. The zero-order chi connectivity index (χ0) is 20.1. The summed E-state index contributed by atoms with van der Waals surface area (Å²) in [7, 11) is 0. The molecule has 1 aromatic carbocycles. The lowest BCUT2D eigenvalue weighted by molar-refractivity contribution is -0.136. The average molecular weight is 379 g/mol. The lowest BCUT2D eigenvalue weighted by Crippen LogP contribution is -2.30. The molecule has 0 aliphatic carbocycles. The molecule has 146 valence electrons. The molecule has 1 amide bonds. The Hall–Kier alpha value is -3.15. The van der Waals surface area contributed by atoms with Crippen LogP contribution in [0.3, 0.4) is 0 Å². The molecule has 0 saturated heterocycles. The first-order valence-electron chi connectivity index (χ1n) is 9.46. The first kappa shape index (κ1) is 19.6. The highest BCUT2D eigenvalue weighted by Crippen LogP contribution is 2.23. The number of imidazole rings is 1. The number of amides is 1. The Bertz CT molecular complexity index is 964. The molecule has 6 nitrogen and oxygen atoms in total. The minimum absolute atomic E-state index is 0.173. The summed E-state index contributed by atoms with van der Waals surface area (Å²) >= 11 is 0. The van der Waals surface area contributed by atoms with Gasteiger partial charge < -0.3 is 10.4 Å². The van der Waals surface area contributed by atoms with Crippen molar-refractivity contribution in [1.82, 2.24) is 14.7 Å². The van der Waals surface area contributed by atoms with Gasteiger partial charge in [0, 0.05) is 18.7 Å². The van der Waals surface area contributed by atoms with Gasteiger partial charge in [0.2, 0.25) is 0 Å². The van der Waals surface area contributed by atoms with E-state index in [1.165, 1.54) is 5.56 Å². The maximum absolute atomic E-state index is 12.8. The highest BCUT2D eigenvalue weighted by Gasteiger charge is 2.17. The van der Waals surface area contributed by atoms with Gasteiger partial charge in [-0.15, -0.1) is 0 Å². The van der Waals surface area contributed by atoms with Gasteiger partial charge in [-0.1, -0.05) is 50.2 Å². The first-order valence-corrected chi connectivity index (χ1v) is 9.46. The summed E-state index contributed by atoms with van der Waals surface area (Å²) in [6.07, 6.45) is 2.41. The van der Waals surface area contributed by atoms with Gasteiger partial charge in [-0.2, -0.15) is 0 Å². The Labute approximate surface area is 164 Å². The molecule has 2 aromatic heterocycles. The van der Waals surface area contributed by atoms with Gasteiger partial charge in [0.05, 0.1) is 12.1 Å². The van der Waals surface area contributed by atoms with Crippen molar-refractivity contribution >= 4 is 17.5 Å². The number of aromatic nitrogens is 2. The second-order valence-corrected chi connectivity index (χ2v) is 7.39. The van der Waals surface area contributed by atoms with Crippen LogP contribution in [0.5, 0.6) is 0 Å². The third-order valence-corrected chi connectivity index (χ3v) is 4.64. The quantitative estimate of drug-likeness (QED) is 0.627. The SMILES string of the molecule is CC(C)CC(CNC(=O)c1cccc2nc(CC(=O)O)cn12)c1ccccc1. The molecule has 0 fully saturated rings. The molecule has 2 N–H and O–H groups in total. The second kappa shape index (κ2) is 8.69. The number of nitrogens with one attached hydrogen (secondary N) is 1. The topological polar surface area (TPSA) is 83.7 Å². The normalized spacial score (nSPS) is 12.2. The molecular weight excluding hydrogens is 354 g/mol. The second-order valence-electron chi connectivity index (χ2n) is 7.39. The molecule has 6 heteroatoms. The largest absolute Gasteiger partial charge is 0.481 e. The third-order valence-electron chi connectivity index (χ3n) is 4.64. The first-order chi connectivity index (χ1) is 13.4. The van der Waals surface area contributed by atoms with Crippen LogP contribution in [-0.2, 0) is 11.2 Å². The predicted molar refractivity (Wildman–Crippen MR) is 108 cm³/mol. The lowest BCUT2D eigenvalue weighted by atomic mass is 9.90. The number of benzene rings is 1. The van der Waals surface area contributed by atoms with E-state index >= 15 is 0 Å². The smallest absolute Gasteiger partial charge is 0.309 e. The number of carbonyl (C=O) groups is 2. The van der Waals surface area contributed by atoms with E-state index in [0.717, 1.165) is 6.42 Å². The molecular formula is C22H25N3O3. The van der Waals surface area contributed by atoms with E-state index in [4.69, 9.17) is 5.11 Å². The number of nitrogens with zero attached hydrogens (tertiary/aromatic N) is 2. The van der Waals surface area contributed by atoms with Crippen LogP contribution in [0.25, 0.3) is 5.65 Å². The van der Waals surface area contributed by atoms with Crippen LogP contribution in [-0.4, -0.2) is 32.9 Å². The molecule has 2 heterocycles. The van der Waals surface area contributed by atoms with Crippen LogP contribution in [0.4, 0.5) is 0 Å². The van der Waals surface area contributed by atoms with Crippen molar-refractivity contribution in [1.29, 1.82) is 0 Å². The summed E-state index contributed by atoms with van der Waals surface area (Å²) in [6, 6.07) is 15.4. The van der Waals surface area contributed by atoms with Crippen LogP contribution < -0.4 is 5.32 Å². The summed E-state index contributed by atoms with van der Waals surface area (Å²) < 4.78 is 1.65. The van der Waals surface area contributed by atoms with Crippen molar-refractivity contribution in [3.05, 3.63) is 71.7 Å². The summed E-state index contributed by atoms with van der Waals surface area (Å²) in [5, 5.41) is 12.0. The van der Waals surface area contributed by atoms with Crippen LogP contribution in [0, 0.1) is 5.92 Å². The maximum Gasteiger partial charge on any atom is 0.309 e. The van der Waals surface area contributed by atoms with Crippen LogP contribution >= 0.6 is 0 Å². The average Bonchev–Trinajstić information content (AvgIpc) is 3.06. The van der Waals surface area contributed by atoms with Gasteiger partial charge in [-0.25, -0.2) is 4.98 Å². The van der Waals surface area contributed by atoms with Crippen molar-refractivity contribution in [3.8, 4) is 0 Å². The van der Waals surface area contributed by atoms with E-state index in [9.17, 15) is 9.59 Å². The molecule has 0 saturated carbocycles. The zero-order valence-corrected chi connectivity index (χ0v) is 16.1. The minimum Gasteiger partial charge on any atom is -0.481 e. The summed E-state index contributed by atoms with van der Waals surface area (Å²) in [4.78, 5) is 28.1. The van der Waals surface area contributed by atoms with Gasteiger partial charge in [0.25, 0.3) is 5.91 Å². The fraction of sp³-hybridized carbons (Fsp3) is 0.318.